The van der Waals surface area contributed by atoms with Gasteiger partial charge in [-0.05, 0) is 68.5 Å². The van der Waals surface area contributed by atoms with Gasteiger partial charge in [0.25, 0.3) is 0 Å². The topological polar surface area (TPSA) is 23.6 Å². The second kappa shape index (κ2) is 8.26. The van der Waals surface area contributed by atoms with Gasteiger partial charge in [0, 0.05) is 37.5 Å². The molecule has 4 aliphatic rings. The number of hydrogen-bond acceptors (Lipinski definition) is 2. The number of hydrogen-bond donors (Lipinski definition) is 0. The molecule has 0 N–H and O–H groups in total. The Bertz CT molecular complexity index is 748. The molecule has 2 aliphatic carbocycles. The molecule has 3 heteroatoms. The first kappa shape index (κ1) is 19.4. The molecule has 4 atom stereocenters. The van der Waals surface area contributed by atoms with E-state index in [1.807, 2.05) is 0 Å². The predicted molar refractivity (Wildman–Crippen MR) is 118 cm³/mol. The number of fused-ring (bicyclic) bond motifs is 1. The zero-order valence-corrected chi connectivity index (χ0v) is 17.9. The van der Waals surface area contributed by atoms with Gasteiger partial charge < -0.3 is 9.80 Å². The zero-order chi connectivity index (χ0) is 19.8. The smallest absolute Gasteiger partial charge is 0.225 e. The van der Waals surface area contributed by atoms with Gasteiger partial charge in [-0.25, -0.2) is 0 Å². The van der Waals surface area contributed by atoms with Gasteiger partial charge in [0.1, 0.15) is 0 Å². The van der Waals surface area contributed by atoms with E-state index >= 15 is 0 Å². The summed E-state index contributed by atoms with van der Waals surface area (Å²) in [6, 6.07) is 10.1. The number of rotatable bonds is 5. The normalized spacial score (nSPS) is 32.4. The van der Waals surface area contributed by atoms with Crippen molar-refractivity contribution in [2.75, 3.05) is 26.2 Å². The maximum absolute atomic E-state index is 12.9. The van der Waals surface area contributed by atoms with Crippen LogP contribution in [0.15, 0.2) is 36.4 Å². The number of benzene rings is 1. The lowest BCUT2D eigenvalue weighted by molar-refractivity contribution is -0.134. The standard InChI is InChI=1S/C26H36N2O/c1-19-5-4-15-27(19)16-14-20-8-10-21(11-9-20)24-13-12-23-17-28(18-25(23)24)26(29)22-6-2-3-7-22/h8-13,19,22-25H,2-7,14-18H2,1H3. The Balaban J connectivity index is 1.19. The first-order valence-corrected chi connectivity index (χ1v) is 12.0. The average molecular weight is 393 g/mol. The lowest BCUT2D eigenvalue weighted by Gasteiger charge is -2.23. The number of carbonyl (C=O) groups is 1. The first-order chi connectivity index (χ1) is 14.2. The van der Waals surface area contributed by atoms with Gasteiger partial charge in [-0.3, -0.25) is 4.79 Å². The Morgan fingerprint density at radius 3 is 2.52 bits per heavy atom. The first-order valence-electron chi connectivity index (χ1n) is 12.0. The molecule has 3 fully saturated rings. The number of likely N-dealkylation sites (tertiary alicyclic amines) is 2. The van der Waals surface area contributed by atoms with Crippen LogP contribution < -0.4 is 0 Å². The van der Waals surface area contributed by atoms with Crippen molar-refractivity contribution in [2.24, 2.45) is 17.8 Å². The molecule has 156 valence electrons. The molecule has 5 rings (SSSR count). The lowest BCUT2D eigenvalue weighted by atomic mass is 9.85. The highest BCUT2D eigenvalue weighted by atomic mass is 16.2. The molecule has 2 saturated heterocycles. The van der Waals surface area contributed by atoms with Gasteiger partial charge in [-0.1, -0.05) is 49.3 Å². The SMILES string of the molecule is CC1CCCN1CCc1ccc(C2C=CC3CN(C(=O)C4CCCC4)CC32)cc1. The van der Waals surface area contributed by atoms with Crippen LogP contribution in [-0.4, -0.2) is 47.9 Å². The molecule has 0 aromatic heterocycles. The molecule has 1 aromatic carbocycles. The van der Waals surface area contributed by atoms with Crippen molar-refractivity contribution in [3.63, 3.8) is 0 Å². The molecule has 2 aliphatic heterocycles. The van der Waals surface area contributed by atoms with Crippen LogP contribution >= 0.6 is 0 Å². The highest BCUT2D eigenvalue weighted by Crippen LogP contribution is 2.43. The Kier molecular flexibility index (Phi) is 5.51. The molecule has 0 radical (unpaired) electrons. The summed E-state index contributed by atoms with van der Waals surface area (Å²) in [5.74, 6) is 2.37. The van der Waals surface area contributed by atoms with Crippen molar-refractivity contribution in [1.82, 2.24) is 9.80 Å². The highest BCUT2D eigenvalue weighted by Gasteiger charge is 2.42. The summed E-state index contributed by atoms with van der Waals surface area (Å²) in [6.45, 7) is 6.71. The molecule has 1 amide bonds. The summed E-state index contributed by atoms with van der Waals surface area (Å²) >= 11 is 0. The van der Waals surface area contributed by atoms with Crippen molar-refractivity contribution in [3.8, 4) is 0 Å². The largest absolute Gasteiger partial charge is 0.342 e. The lowest BCUT2D eigenvalue weighted by Crippen LogP contribution is -2.34. The molecule has 4 unspecified atom stereocenters. The van der Waals surface area contributed by atoms with E-state index in [0.29, 0.717) is 29.6 Å². The summed E-state index contributed by atoms with van der Waals surface area (Å²) in [4.78, 5) is 17.7. The van der Waals surface area contributed by atoms with Gasteiger partial charge in [-0.2, -0.15) is 0 Å². The molecule has 3 nitrogen and oxygen atoms in total. The Morgan fingerprint density at radius 1 is 1.00 bits per heavy atom. The van der Waals surface area contributed by atoms with Crippen LogP contribution in [0.1, 0.15) is 62.5 Å². The predicted octanol–water partition coefficient (Wildman–Crippen LogP) is 4.63. The molecule has 0 bridgehead atoms. The zero-order valence-electron chi connectivity index (χ0n) is 17.9. The highest BCUT2D eigenvalue weighted by molar-refractivity contribution is 5.79. The summed E-state index contributed by atoms with van der Waals surface area (Å²) in [5, 5.41) is 0. The minimum Gasteiger partial charge on any atom is -0.342 e. The van der Waals surface area contributed by atoms with E-state index in [4.69, 9.17) is 0 Å². The van der Waals surface area contributed by atoms with Crippen molar-refractivity contribution in [2.45, 2.75) is 63.8 Å². The number of carbonyl (C=O) groups excluding carboxylic acids is 1. The van der Waals surface area contributed by atoms with E-state index in [-0.39, 0.29) is 0 Å². The second-order valence-corrected chi connectivity index (χ2v) is 9.98. The van der Waals surface area contributed by atoms with E-state index in [0.717, 1.165) is 38.4 Å². The third kappa shape index (κ3) is 3.91. The van der Waals surface area contributed by atoms with Gasteiger partial charge in [0.05, 0.1) is 0 Å². The molecule has 0 spiro atoms. The minimum atomic E-state index is 0.314. The van der Waals surface area contributed by atoms with E-state index in [9.17, 15) is 4.79 Å². The Labute approximate surface area is 176 Å². The van der Waals surface area contributed by atoms with Gasteiger partial charge in [0.15, 0.2) is 0 Å². The summed E-state index contributed by atoms with van der Waals surface area (Å²) in [7, 11) is 0. The molecule has 1 aromatic rings. The average Bonchev–Trinajstić information content (AvgIpc) is 3.51. The van der Waals surface area contributed by atoms with E-state index in [2.05, 4.69) is 53.1 Å². The fraction of sp³-hybridized carbons (Fsp3) is 0.654. The molecule has 2 heterocycles. The maximum Gasteiger partial charge on any atom is 0.225 e. The van der Waals surface area contributed by atoms with Gasteiger partial charge in [0.2, 0.25) is 5.91 Å². The minimum absolute atomic E-state index is 0.314. The third-order valence-corrected chi connectivity index (χ3v) is 8.20. The van der Waals surface area contributed by atoms with Gasteiger partial charge in [-0.15, -0.1) is 0 Å². The van der Waals surface area contributed by atoms with Crippen LogP contribution in [0.5, 0.6) is 0 Å². The Hall–Kier alpha value is -1.61. The molecular formula is C26H36N2O. The van der Waals surface area contributed by atoms with Crippen molar-refractivity contribution in [3.05, 3.63) is 47.5 Å². The quantitative estimate of drug-likeness (QED) is 0.682. The summed E-state index contributed by atoms with van der Waals surface area (Å²) in [6.07, 6.45) is 13.4. The van der Waals surface area contributed by atoms with Crippen LogP contribution in [0.25, 0.3) is 0 Å². The van der Waals surface area contributed by atoms with E-state index in [1.165, 1.54) is 49.9 Å². The number of nitrogens with zero attached hydrogens (tertiary/aromatic N) is 2. The second-order valence-electron chi connectivity index (χ2n) is 9.98. The van der Waals surface area contributed by atoms with Crippen LogP contribution in [0.3, 0.4) is 0 Å². The number of amides is 1. The van der Waals surface area contributed by atoms with Crippen LogP contribution in [-0.2, 0) is 11.2 Å². The van der Waals surface area contributed by atoms with Crippen molar-refractivity contribution in [1.29, 1.82) is 0 Å². The molecule has 29 heavy (non-hydrogen) atoms. The Morgan fingerprint density at radius 2 is 1.79 bits per heavy atom. The van der Waals surface area contributed by atoms with Crippen molar-refractivity contribution < 1.29 is 4.79 Å². The van der Waals surface area contributed by atoms with E-state index in [1.54, 1.807) is 0 Å². The summed E-state index contributed by atoms with van der Waals surface area (Å²) in [5.41, 5.74) is 2.89. The van der Waals surface area contributed by atoms with Crippen LogP contribution in [0.4, 0.5) is 0 Å². The third-order valence-electron chi connectivity index (χ3n) is 8.20. The fourth-order valence-corrected chi connectivity index (χ4v) is 6.32. The molecule has 1 saturated carbocycles. The van der Waals surface area contributed by atoms with Gasteiger partial charge >= 0.3 is 0 Å². The monoisotopic (exact) mass is 392 g/mol. The summed E-state index contributed by atoms with van der Waals surface area (Å²) < 4.78 is 0. The maximum atomic E-state index is 12.9. The fourth-order valence-electron chi connectivity index (χ4n) is 6.32. The molecular weight excluding hydrogens is 356 g/mol. The number of allylic oxidation sites excluding steroid dienone is 1. The van der Waals surface area contributed by atoms with Crippen molar-refractivity contribution >= 4 is 5.91 Å². The van der Waals surface area contributed by atoms with Crippen LogP contribution in [0, 0.1) is 17.8 Å². The van der Waals surface area contributed by atoms with E-state index < -0.39 is 0 Å². The van der Waals surface area contributed by atoms with Crippen LogP contribution in [0.2, 0.25) is 0 Å².